The number of halogens is 3. The third-order valence-corrected chi connectivity index (χ3v) is 5.28. The lowest BCUT2D eigenvalue weighted by Crippen LogP contribution is -2.39. The third-order valence-electron chi connectivity index (χ3n) is 5.28. The van der Waals surface area contributed by atoms with Crippen molar-refractivity contribution in [2.45, 2.75) is 76.9 Å². The predicted molar refractivity (Wildman–Crippen MR) is 96.3 cm³/mol. The van der Waals surface area contributed by atoms with Crippen LogP contribution in [-0.2, 0) is 17.5 Å². The number of piperidine rings is 1. The lowest BCUT2D eigenvalue weighted by Gasteiger charge is -2.28. The van der Waals surface area contributed by atoms with E-state index in [-0.39, 0.29) is 29.9 Å². The minimum absolute atomic E-state index is 0.0531. The van der Waals surface area contributed by atoms with Crippen LogP contribution in [0.4, 0.5) is 13.2 Å². The zero-order chi connectivity index (χ0) is 19.6. The first-order chi connectivity index (χ1) is 12.7. The number of fused-ring (bicyclic) bond motifs is 2. The first-order valence-electron chi connectivity index (χ1n) is 9.60. The molecule has 0 spiro atoms. The summed E-state index contributed by atoms with van der Waals surface area (Å²) in [5, 5.41) is 6.19. The fourth-order valence-electron chi connectivity index (χ4n) is 4.19. The van der Waals surface area contributed by atoms with Gasteiger partial charge < -0.3 is 15.4 Å². The molecule has 1 aromatic carbocycles. The van der Waals surface area contributed by atoms with Gasteiger partial charge in [-0.15, -0.1) is 0 Å². The number of nitrogens with one attached hydrogen (secondary N) is 2. The summed E-state index contributed by atoms with van der Waals surface area (Å²) in [6, 6.07) is 4.89. The Kier molecular flexibility index (Phi) is 5.99. The van der Waals surface area contributed by atoms with Crippen molar-refractivity contribution in [2.24, 2.45) is 5.92 Å². The molecule has 2 fully saturated rings. The predicted octanol–water partition coefficient (Wildman–Crippen LogP) is 4.03. The van der Waals surface area contributed by atoms with E-state index >= 15 is 0 Å². The Balaban J connectivity index is 1.60. The van der Waals surface area contributed by atoms with Crippen LogP contribution in [0.15, 0.2) is 18.2 Å². The lowest BCUT2D eigenvalue weighted by molar-refractivity contribution is -0.138. The van der Waals surface area contributed by atoms with Gasteiger partial charge in [-0.2, -0.15) is 13.2 Å². The minimum atomic E-state index is -4.50. The fourth-order valence-corrected chi connectivity index (χ4v) is 4.19. The molecule has 2 aliphatic rings. The molecular formula is C20H27F3N2O2. The summed E-state index contributed by atoms with van der Waals surface area (Å²) in [5.74, 6) is 0.308. The SMILES string of the molecule is CC(C)Oc1ccc(CNC(=O)CC2CC3CCC(C2)N3)c(C(F)(F)F)c1. The molecule has 4 nitrogen and oxygen atoms in total. The molecule has 2 bridgehead atoms. The van der Waals surface area contributed by atoms with Gasteiger partial charge in [0.1, 0.15) is 5.75 Å². The van der Waals surface area contributed by atoms with Gasteiger partial charge in [0.25, 0.3) is 0 Å². The standard InChI is InChI=1S/C20H27F3N2O2/c1-12(2)27-17-6-3-14(18(10-17)20(21,22)23)11-24-19(26)9-13-7-15-4-5-16(8-13)25-15/h3,6,10,12-13,15-16,25H,4-5,7-9,11H2,1-2H3,(H,24,26). The topological polar surface area (TPSA) is 50.4 Å². The van der Waals surface area contributed by atoms with Crippen LogP contribution >= 0.6 is 0 Å². The average Bonchev–Trinajstić information content (AvgIpc) is 2.91. The number of rotatable bonds is 6. The Morgan fingerprint density at radius 3 is 2.52 bits per heavy atom. The zero-order valence-corrected chi connectivity index (χ0v) is 15.7. The van der Waals surface area contributed by atoms with Crippen molar-refractivity contribution in [1.82, 2.24) is 10.6 Å². The summed E-state index contributed by atoms with van der Waals surface area (Å²) in [6.07, 6.45) is -0.0741. The van der Waals surface area contributed by atoms with E-state index in [2.05, 4.69) is 10.6 Å². The monoisotopic (exact) mass is 384 g/mol. The maximum Gasteiger partial charge on any atom is 0.416 e. The van der Waals surface area contributed by atoms with Crippen LogP contribution in [-0.4, -0.2) is 24.1 Å². The highest BCUT2D eigenvalue weighted by Gasteiger charge is 2.35. The van der Waals surface area contributed by atoms with Gasteiger partial charge in [0.05, 0.1) is 11.7 Å². The van der Waals surface area contributed by atoms with E-state index in [1.54, 1.807) is 13.8 Å². The summed E-state index contributed by atoms with van der Waals surface area (Å²) in [7, 11) is 0. The number of amides is 1. The molecule has 1 aromatic rings. The summed E-state index contributed by atoms with van der Waals surface area (Å²) in [5.41, 5.74) is -0.710. The van der Waals surface area contributed by atoms with Crippen molar-refractivity contribution < 1.29 is 22.7 Å². The van der Waals surface area contributed by atoms with Crippen molar-refractivity contribution >= 4 is 5.91 Å². The number of carbonyl (C=O) groups is 1. The molecule has 1 amide bonds. The quantitative estimate of drug-likeness (QED) is 0.779. The van der Waals surface area contributed by atoms with Gasteiger partial charge in [-0.1, -0.05) is 6.07 Å². The number of alkyl halides is 3. The second-order valence-corrected chi connectivity index (χ2v) is 7.94. The molecule has 2 saturated heterocycles. The lowest BCUT2D eigenvalue weighted by atomic mass is 9.89. The van der Waals surface area contributed by atoms with Crippen molar-refractivity contribution in [3.63, 3.8) is 0 Å². The highest BCUT2D eigenvalue weighted by atomic mass is 19.4. The third kappa shape index (κ3) is 5.37. The van der Waals surface area contributed by atoms with E-state index in [9.17, 15) is 18.0 Å². The molecule has 2 heterocycles. The Labute approximate surface area is 157 Å². The van der Waals surface area contributed by atoms with Crippen LogP contribution in [0, 0.1) is 5.92 Å². The van der Waals surface area contributed by atoms with E-state index in [0.717, 1.165) is 31.7 Å². The number of benzene rings is 1. The number of carbonyl (C=O) groups excluding carboxylic acids is 1. The second kappa shape index (κ2) is 8.09. The van der Waals surface area contributed by atoms with Crippen LogP contribution in [0.1, 0.15) is 57.1 Å². The Morgan fingerprint density at radius 2 is 1.93 bits per heavy atom. The van der Waals surface area contributed by atoms with Crippen LogP contribution in [0.25, 0.3) is 0 Å². The Bertz CT molecular complexity index is 664. The average molecular weight is 384 g/mol. The molecule has 2 N–H and O–H groups in total. The smallest absolute Gasteiger partial charge is 0.416 e. The van der Waals surface area contributed by atoms with Crippen molar-refractivity contribution in [3.05, 3.63) is 29.3 Å². The first kappa shape index (κ1) is 20.0. The van der Waals surface area contributed by atoms with Gasteiger partial charge in [0.15, 0.2) is 0 Å². The molecule has 0 aromatic heterocycles. The fraction of sp³-hybridized carbons (Fsp3) is 0.650. The van der Waals surface area contributed by atoms with E-state index in [1.165, 1.54) is 12.1 Å². The van der Waals surface area contributed by atoms with Gasteiger partial charge in [0.2, 0.25) is 5.91 Å². The molecule has 7 heteroatoms. The van der Waals surface area contributed by atoms with Crippen molar-refractivity contribution in [1.29, 1.82) is 0 Å². The Morgan fingerprint density at radius 1 is 1.26 bits per heavy atom. The maximum absolute atomic E-state index is 13.4. The molecule has 2 aliphatic heterocycles. The van der Waals surface area contributed by atoms with E-state index in [1.807, 2.05) is 0 Å². The molecule has 2 unspecified atom stereocenters. The highest BCUT2D eigenvalue weighted by Crippen LogP contribution is 2.35. The molecule has 3 rings (SSSR count). The number of hydrogen-bond donors (Lipinski definition) is 2. The minimum Gasteiger partial charge on any atom is -0.491 e. The van der Waals surface area contributed by atoms with E-state index < -0.39 is 11.7 Å². The molecule has 0 radical (unpaired) electrons. The van der Waals surface area contributed by atoms with Gasteiger partial charge in [-0.3, -0.25) is 4.79 Å². The summed E-state index contributed by atoms with van der Waals surface area (Å²) >= 11 is 0. The normalized spacial score (nSPS) is 24.9. The summed E-state index contributed by atoms with van der Waals surface area (Å²) < 4.78 is 45.5. The van der Waals surface area contributed by atoms with Crippen LogP contribution in [0.3, 0.4) is 0 Å². The Hall–Kier alpha value is -1.76. The highest BCUT2D eigenvalue weighted by molar-refractivity contribution is 5.76. The van der Waals surface area contributed by atoms with E-state index in [4.69, 9.17) is 4.74 Å². The molecule has 0 aliphatic carbocycles. The van der Waals surface area contributed by atoms with Gasteiger partial charge >= 0.3 is 6.18 Å². The van der Waals surface area contributed by atoms with Crippen molar-refractivity contribution in [2.75, 3.05) is 0 Å². The van der Waals surface area contributed by atoms with Crippen LogP contribution < -0.4 is 15.4 Å². The molecular weight excluding hydrogens is 357 g/mol. The zero-order valence-electron chi connectivity index (χ0n) is 15.7. The van der Waals surface area contributed by atoms with Gasteiger partial charge in [0, 0.05) is 25.0 Å². The molecule has 27 heavy (non-hydrogen) atoms. The molecule has 0 saturated carbocycles. The van der Waals surface area contributed by atoms with E-state index in [0.29, 0.717) is 24.4 Å². The van der Waals surface area contributed by atoms with Crippen LogP contribution in [0.5, 0.6) is 5.75 Å². The second-order valence-electron chi connectivity index (χ2n) is 7.94. The van der Waals surface area contributed by atoms with Gasteiger partial charge in [-0.05, 0) is 63.1 Å². The molecule has 2 atom stereocenters. The van der Waals surface area contributed by atoms with Crippen LogP contribution in [0.2, 0.25) is 0 Å². The maximum atomic E-state index is 13.4. The summed E-state index contributed by atoms with van der Waals surface area (Å²) in [4.78, 5) is 12.3. The van der Waals surface area contributed by atoms with Gasteiger partial charge in [-0.25, -0.2) is 0 Å². The largest absolute Gasteiger partial charge is 0.491 e. The summed E-state index contributed by atoms with van der Waals surface area (Å²) in [6.45, 7) is 3.39. The first-order valence-corrected chi connectivity index (χ1v) is 9.60. The van der Waals surface area contributed by atoms with Crippen molar-refractivity contribution in [3.8, 4) is 5.75 Å². The number of ether oxygens (including phenoxy) is 1. The number of hydrogen-bond acceptors (Lipinski definition) is 3. The molecule has 150 valence electrons.